The molecule has 4 nitrogen and oxygen atoms in total. The monoisotopic (exact) mass is 230 g/mol. The fourth-order valence-corrected chi connectivity index (χ4v) is 1.37. The standard InChI is InChI=1S/C12H22O4/c1-4-5-6-7-12(8-15-10(2)13)9-16-11(3)14/h12H,4-9H2,1-3H3. The average molecular weight is 230 g/mol. The van der Waals surface area contributed by atoms with Crippen molar-refractivity contribution in [3.8, 4) is 0 Å². The zero-order valence-corrected chi connectivity index (χ0v) is 10.5. The number of carbonyl (C=O) groups is 2. The van der Waals surface area contributed by atoms with Crippen LogP contribution in [0, 0.1) is 5.92 Å². The van der Waals surface area contributed by atoms with Crippen LogP contribution in [-0.2, 0) is 19.1 Å². The summed E-state index contributed by atoms with van der Waals surface area (Å²) in [6.07, 6.45) is 4.29. The first-order valence-electron chi connectivity index (χ1n) is 5.83. The molecule has 0 aromatic heterocycles. The lowest BCUT2D eigenvalue weighted by Gasteiger charge is -2.15. The summed E-state index contributed by atoms with van der Waals surface area (Å²) in [7, 11) is 0. The normalized spacial score (nSPS) is 10.2. The van der Waals surface area contributed by atoms with E-state index in [9.17, 15) is 9.59 Å². The number of unbranched alkanes of at least 4 members (excludes halogenated alkanes) is 2. The SMILES string of the molecule is CCCCCC(COC(C)=O)COC(C)=O. The van der Waals surface area contributed by atoms with E-state index in [0.717, 1.165) is 25.7 Å². The van der Waals surface area contributed by atoms with Crippen LogP contribution in [0.5, 0.6) is 0 Å². The third kappa shape index (κ3) is 9.49. The second kappa shape index (κ2) is 9.19. The maximum atomic E-state index is 10.7. The molecule has 4 heteroatoms. The minimum Gasteiger partial charge on any atom is -0.465 e. The van der Waals surface area contributed by atoms with E-state index in [1.165, 1.54) is 13.8 Å². The number of hydrogen-bond donors (Lipinski definition) is 0. The second-order valence-corrected chi connectivity index (χ2v) is 3.97. The first-order chi connectivity index (χ1) is 7.56. The smallest absolute Gasteiger partial charge is 0.302 e. The van der Waals surface area contributed by atoms with Crippen LogP contribution in [0.2, 0.25) is 0 Å². The molecule has 0 spiro atoms. The topological polar surface area (TPSA) is 52.6 Å². The molecule has 0 heterocycles. The van der Waals surface area contributed by atoms with Gasteiger partial charge in [-0.3, -0.25) is 9.59 Å². The highest BCUT2D eigenvalue weighted by atomic mass is 16.5. The maximum absolute atomic E-state index is 10.7. The van der Waals surface area contributed by atoms with Crippen LogP contribution in [0.15, 0.2) is 0 Å². The van der Waals surface area contributed by atoms with Crippen LogP contribution in [0.1, 0.15) is 46.5 Å². The minimum absolute atomic E-state index is 0.124. The van der Waals surface area contributed by atoms with Gasteiger partial charge in [0.1, 0.15) is 0 Å². The first kappa shape index (κ1) is 14.9. The van der Waals surface area contributed by atoms with Gasteiger partial charge in [0.05, 0.1) is 13.2 Å². The van der Waals surface area contributed by atoms with E-state index in [2.05, 4.69) is 6.92 Å². The van der Waals surface area contributed by atoms with E-state index < -0.39 is 0 Å². The van der Waals surface area contributed by atoms with Gasteiger partial charge in [-0.2, -0.15) is 0 Å². The zero-order chi connectivity index (χ0) is 12.4. The van der Waals surface area contributed by atoms with Gasteiger partial charge in [-0.05, 0) is 6.42 Å². The van der Waals surface area contributed by atoms with Crippen LogP contribution in [0.25, 0.3) is 0 Å². The van der Waals surface area contributed by atoms with Gasteiger partial charge < -0.3 is 9.47 Å². The van der Waals surface area contributed by atoms with E-state index in [-0.39, 0.29) is 17.9 Å². The Kier molecular flexibility index (Phi) is 8.58. The number of ether oxygens (including phenoxy) is 2. The summed E-state index contributed by atoms with van der Waals surface area (Å²) in [4.78, 5) is 21.4. The van der Waals surface area contributed by atoms with E-state index in [1.807, 2.05) is 0 Å². The summed E-state index contributed by atoms with van der Waals surface area (Å²) in [5.41, 5.74) is 0. The second-order valence-electron chi connectivity index (χ2n) is 3.97. The molecular formula is C12H22O4. The largest absolute Gasteiger partial charge is 0.465 e. The summed E-state index contributed by atoms with van der Waals surface area (Å²) in [5.74, 6) is -0.453. The fraction of sp³-hybridized carbons (Fsp3) is 0.833. The molecule has 0 aromatic carbocycles. The van der Waals surface area contributed by atoms with Crippen molar-refractivity contribution in [2.24, 2.45) is 5.92 Å². The van der Waals surface area contributed by atoms with E-state index >= 15 is 0 Å². The van der Waals surface area contributed by atoms with Crippen molar-refractivity contribution in [2.75, 3.05) is 13.2 Å². The third-order valence-electron chi connectivity index (χ3n) is 2.26. The lowest BCUT2D eigenvalue weighted by molar-refractivity contribution is -0.146. The molecule has 0 saturated heterocycles. The van der Waals surface area contributed by atoms with Crippen LogP contribution in [0.4, 0.5) is 0 Å². The molecule has 0 amide bonds. The molecule has 0 bridgehead atoms. The Labute approximate surface area is 97.3 Å². The Morgan fingerprint density at radius 3 is 1.88 bits per heavy atom. The van der Waals surface area contributed by atoms with Gasteiger partial charge >= 0.3 is 11.9 Å². The molecule has 0 N–H and O–H groups in total. The van der Waals surface area contributed by atoms with Crippen molar-refractivity contribution >= 4 is 11.9 Å². The molecule has 0 aliphatic rings. The van der Waals surface area contributed by atoms with Gasteiger partial charge in [-0.25, -0.2) is 0 Å². The maximum Gasteiger partial charge on any atom is 0.302 e. The van der Waals surface area contributed by atoms with Crippen LogP contribution in [-0.4, -0.2) is 25.2 Å². The molecule has 0 unspecified atom stereocenters. The van der Waals surface area contributed by atoms with Crippen molar-refractivity contribution in [2.45, 2.75) is 46.5 Å². The van der Waals surface area contributed by atoms with E-state index in [4.69, 9.17) is 9.47 Å². The number of esters is 2. The highest BCUT2D eigenvalue weighted by molar-refractivity contribution is 5.66. The van der Waals surface area contributed by atoms with Crippen molar-refractivity contribution in [1.82, 2.24) is 0 Å². The van der Waals surface area contributed by atoms with E-state index in [1.54, 1.807) is 0 Å². The van der Waals surface area contributed by atoms with Crippen molar-refractivity contribution in [3.05, 3.63) is 0 Å². The van der Waals surface area contributed by atoms with Crippen LogP contribution >= 0.6 is 0 Å². The van der Waals surface area contributed by atoms with Gasteiger partial charge in [0.2, 0.25) is 0 Å². The molecule has 0 aliphatic heterocycles. The van der Waals surface area contributed by atoms with Gasteiger partial charge in [-0.15, -0.1) is 0 Å². The van der Waals surface area contributed by atoms with Gasteiger partial charge in [0.15, 0.2) is 0 Å². The number of rotatable bonds is 8. The van der Waals surface area contributed by atoms with Crippen molar-refractivity contribution in [1.29, 1.82) is 0 Å². The molecule has 0 aliphatic carbocycles. The van der Waals surface area contributed by atoms with Crippen LogP contribution < -0.4 is 0 Å². The predicted molar refractivity (Wildman–Crippen MR) is 60.9 cm³/mol. The van der Waals surface area contributed by atoms with Gasteiger partial charge in [-0.1, -0.05) is 26.2 Å². The van der Waals surface area contributed by atoms with Gasteiger partial charge in [0, 0.05) is 19.8 Å². The third-order valence-corrected chi connectivity index (χ3v) is 2.26. The number of hydrogen-bond acceptors (Lipinski definition) is 4. The Morgan fingerprint density at radius 1 is 1.00 bits per heavy atom. The first-order valence-corrected chi connectivity index (χ1v) is 5.83. The zero-order valence-electron chi connectivity index (χ0n) is 10.5. The van der Waals surface area contributed by atoms with Gasteiger partial charge in [0.25, 0.3) is 0 Å². The summed E-state index contributed by atoms with van der Waals surface area (Å²) in [6.45, 7) is 5.58. The van der Waals surface area contributed by atoms with Crippen molar-refractivity contribution in [3.63, 3.8) is 0 Å². The Balaban J connectivity index is 3.84. The molecule has 0 atom stereocenters. The molecule has 0 radical (unpaired) electrons. The lowest BCUT2D eigenvalue weighted by Crippen LogP contribution is -2.19. The van der Waals surface area contributed by atoms with Crippen molar-refractivity contribution < 1.29 is 19.1 Å². The quantitative estimate of drug-likeness (QED) is 0.474. The lowest BCUT2D eigenvalue weighted by atomic mass is 10.0. The molecular weight excluding hydrogens is 208 g/mol. The fourth-order valence-electron chi connectivity index (χ4n) is 1.37. The molecule has 0 fully saturated rings. The average Bonchev–Trinajstić information content (AvgIpc) is 2.21. The summed E-state index contributed by atoms with van der Waals surface area (Å²) < 4.78 is 9.87. The summed E-state index contributed by atoms with van der Waals surface area (Å²) >= 11 is 0. The molecule has 0 aromatic rings. The summed E-state index contributed by atoms with van der Waals surface area (Å²) in [6, 6.07) is 0. The summed E-state index contributed by atoms with van der Waals surface area (Å²) in [5, 5.41) is 0. The number of carbonyl (C=O) groups excluding carboxylic acids is 2. The molecule has 0 rings (SSSR count). The molecule has 94 valence electrons. The van der Waals surface area contributed by atoms with E-state index in [0.29, 0.717) is 13.2 Å². The highest BCUT2D eigenvalue weighted by Gasteiger charge is 2.12. The highest BCUT2D eigenvalue weighted by Crippen LogP contribution is 2.11. The Morgan fingerprint density at radius 2 is 1.50 bits per heavy atom. The minimum atomic E-state index is -0.289. The Hall–Kier alpha value is -1.06. The van der Waals surface area contributed by atoms with Crippen LogP contribution in [0.3, 0.4) is 0 Å². The molecule has 16 heavy (non-hydrogen) atoms. The predicted octanol–water partition coefficient (Wildman–Crippen LogP) is 2.31. The Bertz CT molecular complexity index is 195. The molecule has 0 saturated carbocycles.